The molecule has 0 rings (SSSR count). The Kier molecular flexibility index (Phi) is 21800. The van der Waals surface area contributed by atoms with Crippen LogP contribution < -0.4 is 0 Å². The number of rotatable bonds is 0. The molecule has 0 saturated carbocycles. The van der Waals surface area contributed by atoms with Gasteiger partial charge in [0.25, 0.3) is 0 Å². The maximum absolute atomic E-state index is 0. The molecule has 0 aromatic carbocycles. The average molecular weight is 318 g/mol. The van der Waals surface area contributed by atoms with Gasteiger partial charge in [-0.2, -0.15) is 0 Å². The minimum atomic E-state index is 0. The van der Waals surface area contributed by atoms with Crippen molar-refractivity contribution in [1.29, 1.82) is 0 Å². The molecule has 10 heteroatoms. The molecule has 0 amide bonds. The topological polar surface area (TPSA) is 252 Å². The first kappa shape index (κ1) is 540. The van der Waals surface area contributed by atoms with Gasteiger partial charge in [-0.05, 0) is 0 Å². The molecule has 0 bridgehead atoms. The summed E-state index contributed by atoms with van der Waals surface area (Å²) in [6.45, 7) is 0. The predicted molar refractivity (Wildman–Crippen MR) is 41.9 cm³/mol. The van der Waals surface area contributed by atoms with Crippen molar-refractivity contribution in [3.63, 3.8) is 0 Å². The van der Waals surface area contributed by atoms with Crippen LogP contribution >= 0.6 is 12.4 Å². The Labute approximate surface area is 104 Å². The normalized spacial score (nSPS) is 0. The van der Waals surface area contributed by atoms with E-state index in [0.29, 0.717) is 0 Å². The van der Waals surface area contributed by atoms with Gasteiger partial charge in [-0.1, -0.05) is 0 Å². The van der Waals surface area contributed by atoms with Crippen LogP contribution in [0.1, 0.15) is 0 Å². The van der Waals surface area contributed by atoms with E-state index in [0.717, 1.165) is 0 Å². The molecule has 0 radical (unpaired) electrons. The van der Waals surface area contributed by atoms with Crippen LogP contribution in [-0.4, -0.2) is 92.7 Å². The summed E-state index contributed by atoms with van der Waals surface area (Å²) in [6, 6.07) is 0. The monoisotopic (exact) mass is 318 g/mol. The van der Waals surface area contributed by atoms with Crippen molar-refractivity contribution in [3.8, 4) is 0 Å². The zero-order valence-corrected chi connectivity index (χ0v) is 10.4. The second kappa shape index (κ2) is 404. The third-order valence-corrected chi connectivity index (χ3v) is 0. The van der Waals surface area contributed by atoms with Crippen molar-refractivity contribution in [2.75, 3.05) is 0 Å². The standard InChI is InChI=1S/Ba.ClH.8H2O/h;1H;8*1H2/q+2;;;;;;;;;. The van der Waals surface area contributed by atoms with Crippen LogP contribution in [0, 0.1) is 0 Å². The summed E-state index contributed by atoms with van der Waals surface area (Å²) in [5, 5.41) is 0. The van der Waals surface area contributed by atoms with E-state index < -0.39 is 0 Å². The summed E-state index contributed by atoms with van der Waals surface area (Å²) >= 11 is 0. The molecule has 0 fully saturated rings. The SMILES string of the molecule is Cl.O.O.O.O.O.O.O.O.[Ba+2]. The van der Waals surface area contributed by atoms with E-state index >= 15 is 0 Å². The van der Waals surface area contributed by atoms with E-state index in [1.807, 2.05) is 0 Å². The van der Waals surface area contributed by atoms with Gasteiger partial charge in [0.1, 0.15) is 0 Å². The van der Waals surface area contributed by atoms with Crippen LogP contribution in [0.2, 0.25) is 0 Å². The van der Waals surface area contributed by atoms with Gasteiger partial charge in [-0.15, -0.1) is 12.4 Å². The Morgan fingerprint density at radius 2 is 0.300 bits per heavy atom. The fraction of sp³-hybridized carbons (Fsp3) is 0. The van der Waals surface area contributed by atoms with Crippen molar-refractivity contribution in [2.45, 2.75) is 0 Å². The number of hydrogen-bond donors (Lipinski definition) is 0. The van der Waals surface area contributed by atoms with Gasteiger partial charge in [-0.25, -0.2) is 0 Å². The first-order valence-electron chi connectivity index (χ1n) is 0. The fourth-order valence-electron chi connectivity index (χ4n) is 0. The molecule has 10 heavy (non-hydrogen) atoms. The molecule has 0 aliphatic heterocycles. The van der Waals surface area contributed by atoms with Gasteiger partial charge < -0.3 is 43.8 Å². The van der Waals surface area contributed by atoms with Crippen LogP contribution in [0.15, 0.2) is 0 Å². The molecule has 16 N–H and O–H groups in total. The zero-order chi connectivity index (χ0) is 0. The summed E-state index contributed by atoms with van der Waals surface area (Å²) in [6.07, 6.45) is 0. The van der Waals surface area contributed by atoms with Gasteiger partial charge >= 0.3 is 48.9 Å². The van der Waals surface area contributed by atoms with E-state index in [2.05, 4.69) is 0 Å². The molecule has 0 spiro atoms. The summed E-state index contributed by atoms with van der Waals surface area (Å²) in [4.78, 5) is 0. The van der Waals surface area contributed by atoms with Crippen LogP contribution in [0.3, 0.4) is 0 Å². The van der Waals surface area contributed by atoms with Crippen molar-refractivity contribution < 1.29 is 43.8 Å². The van der Waals surface area contributed by atoms with Gasteiger partial charge in [0.15, 0.2) is 0 Å². The van der Waals surface area contributed by atoms with Crippen LogP contribution in [0.5, 0.6) is 0 Å². The molecule has 0 aromatic rings. The summed E-state index contributed by atoms with van der Waals surface area (Å²) in [7, 11) is 0. The molecule has 0 aliphatic carbocycles. The molecule has 0 atom stereocenters. The summed E-state index contributed by atoms with van der Waals surface area (Å²) in [5.41, 5.74) is 0. The number of hydrogen-bond acceptors (Lipinski definition) is 0. The molecule has 0 aliphatic rings. The molecule has 8 nitrogen and oxygen atoms in total. The van der Waals surface area contributed by atoms with Crippen molar-refractivity contribution in [1.82, 2.24) is 0 Å². The van der Waals surface area contributed by atoms with E-state index in [1.165, 1.54) is 0 Å². The third-order valence-electron chi connectivity index (χ3n) is 0. The first-order valence-corrected chi connectivity index (χ1v) is 0. The molecular weight excluding hydrogens is 301 g/mol. The first-order chi connectivity index (χ1) is 0. The second-order valence-electron chi connectivity index (χ2n) is 0. The van der Waals surface area contributed by atoms with Crippen molar-refractivity contribution in [3.05, 3.63) is 0 Å². The van der Waals surface area contributed by atoms with Gasteiger partial charge in [-0.3, -0.25) is 0 Å². The molecular formula is H17BaClO8+2. The fourth-order valence-corrected chi connectivity index (χ4v) is 0. The largest absolute Gasteiger partial charge is 2.00 e. The molecule has 0 saturated heterocycles. The van der Waals surface area contributed by atoms with E-state index in [-0.39, 0.29) is 105 Å². The van der Waals surface area contributed by atoms with Crippen molar-refractivity contribution >= 4 is 61.3 Å². The quantitative estimate of drug-likeness (QED) is 0.377. The molecule has 72 valence electrons. The molecule has 0 aromatic heterocycles. The second-order valence-corrected chi connectivity index (χ2v) is 0. The van der Waals surface area contributed by atoms with Gasteiger partial charge in [0.05, 0.1) is 0 Å². The Morgan fingerprint density at radius 3 is 0.300 bits per heavy atom. The van der Waals surface area contributed by atoms with Crippen LogP contribution in [-0.2, 0) is 0 Å². The Bertz CT molecular complexity index is 9.22. The van der Waals surface area contributed by atoms with Gasteiger partial charge in [0.2, 0.25) is 0 Å². The maximum atomic E-state index is 0. The average Bonchev–Trinajstić information content (AvgIpc) is 0. The van der Waals surface area contributed by atoms with E-state index in [9.17, 15) is 0 Å². The number of halogens is 1. The van der Waals surface area contributed by atoms with Gasteiger partial charge in [0, 0.05) is 0 Å². The van der Waals surface area contributed by atoms with Crippen LogP contribution in [0.25, 0.3) is 0 Å². The summed E-state index contributed by atoms with van der Waals surface area (Å²) < 4.78 is 0. The molecule has 0 unspecified atom stereocenters. The van der Waals surface area contributed by atoms with E-state index in [4.69, 9.17) is 0 Å². The maximum Gasteiger partial charge on any atom is 2.00 e. The smallest absolute Gasteiger partial charge is 0.412 e. The molecule has 0 heterocycles. The Morgan fingerprint density at radius 1 is 0.300 bits per heavy atom. The minimum absolute atomic E-state index is 0. The Hall–Kier alpha value is 1.54. The van der Waals surface area contributed by atoms with Crippen molar-refractivity contribution in [2.24, 2.45) is 0 Å². The predicted octanol–water partition coefficient (Wildman–Crippen LogP) is -6.56. The third kappa shape index (κ3) is 293. The summed E-state index contributed by atoms with van der Waals surface area (Å²) in [5.74, 6) is 0. The van der Waals surface area contributed by atoms with Crippen LogP contribution in [0.4, 0.5) is 0 Å². The van der Waals surface area contributed by atoms with E-state index in [1.54, 1.807) is 0 Å². The minimum Gasteiger partial charge on any atom is -0.412 e. The zero-order valence-electron chi connectivity index (χ0n) is 5.12. The Balaban J connectivity index is 0.